The van der Waals surface area contributed by atoms with Gasteiger partial charge in [-0.2, -0.15) is 8.70 Å². The van der Waals surface area contributed by atoms with Gasteiger partial charge in [-0.05, 0) is 48.4 Å². The van der Waals surface area contributed by atoms with Crippen molar-refractivity contribution in [3.63, 3.8) is 0 Å². The van der Waals surface area contributed by atoms with Gasteiger partial charge < -0.3 is 9.84 Å². The molecule has 6 nitrogen and oxygen atoms in total. The van der Waals surface area contributed by atoms with Gasteiger partial charge >= 0.3 is 5.97 Å². The predicted octanol–water partition coefficient (Wildman–Crippen LogP) is 5.54. The quantitative estimate of drug-likeness (QED) is 0.285. The zero-order chi connectivity index (χ0) is 25.0. The van der Waals surface area contributed by atoms with E-state index in [0.717, 1.165) is 18.4 Å². The van der Waals surface area contributed by atoms with Crippen molar-refractivity contribution in [2.24, 2.45) is 0 Å². The van der Waals surface area contributed by atoms with E-state index in [1.807, 2.05) is 6.92 Å². The molecule has 2 unspecified atom stereocenters. The number of halogens is 2. The van der Waals surface area contributed by atoms with Crippen LogP contribution in [0.2, 0.25) is 0 Å². The van der Waals surface area contributed by atoms with Crippen LogP contribution in [-0.4, -0.2) is 43.1 Å². The number of benzene rings is 2. The first-order valence-corrected chi connectivity index (χ1v) is 13.5. The lowest BCUT2D eigenvalue weighted by atomic mass is 9.84. The van der Waals surface area contributed by atoms with Crippen LogP contribution in [0.25, 0.3) is 0 Å². The van der Waals surface area contributed by atoms with Gasteiger partial charge in [-0.15, -0.1) is 11.8 Å². The average Bonchev–Trinajstić information content (AvgIpc) is 2.89. The Bertz CT molecular complexity index is 1180. The second kappa shape index (κ2) is 10.9. The van der Waals surface area contributed by atoms with Crippen molar-refractivity contribution < 1.29 is 31.8 Å². The summed E-state index contributed by atoms with van der Waals surface area (Å²) in [6.07, 6.45) is 5.13. The molecule has 0 saturated heterocycles. The van der Waals surface area contributed by atoms with Crippen LogP contribution in [-0.2, 0) is 14.8 Å². The van der Waals surface area contributed by atoms with Crippen LogP contribution in [0.5, 0.6) is 5.75 Å². The van der Waals surface area contributed by atoms with Gasteiger partial charge in [0.2, 0.25) is 15.9 Å². The van der Waals surface area contributed by atoms with Gasteiger partial charge in [0.1, 0.15) is 17.8 Å². The molecule has 1 aliphatic rings. The number of carboxylic acid groups (broad SMARTS) is 1. The second-order valence-corrected chi connectivity index (χ2v) is 10.9. The van der Waals surface area contributed by atoms with Gasteiger partial charge in [0.15, 0.2) is 0 Å². The Morgan fingerprint density at radius 2 is 1.97 bits per heavy atom. The van der Waals surface area contributed by atoms with Crippen LogP contribution < -0.4 is 4.74 Å². The Hall–Kier alpha value is -2.43. The summed E-state index contributed by atoms with van der Waals surface area (Å²) in [5.41, 5.74) is 1.32. The number of sulfonamides is 1. The van der Waals surface area contributed by atoms with Gasteiger partial charge in [0.25, 0.3) is 0 Å². The maximum Gasteiger partial charge on any atom is 0.368 e. The smallest absolute Gasteiger partial charge is 0.368 e. The molecule has 2 atom stereocenters. The first-order chi connectivity index (χ1) is 16.1. The monoisotopic (exact) mass is 511 g/mol. The zero-order valence-electron chi connectivity index (χ0n) is 19.1. The van der Waals surface area contributed by atoms with Gasteiger partial charge in [-0.1, -0.05) is 31.9 Å². The van der Waals surface area contributed by atoms with Crippen LogP contribution >= 0.6 is 11.8 Å². The molecule has 0 radical (unpaired) electrons. The SMILES string of the molecule is CCCCC1CC(c2ccc(F)cc2)c2cc(SC)c(O/C=C(\F)C(=O)O)cc2S(=O)(=O)N1C. The van der Waals surface area contributed by atoms with Crippen LogP contribution in [0.1, 0.15) is 49.7 Å². The lowest BCUT2D eigenvalue weighted by Gasteiger charge is -2.26. The fraction of sp³-hybridized carbons (Fsp3) is 0.375. The van der Waals surface area contributed by atoms with Crippen molar-refractivity contribution in [2.75, 3.05) is 13.3 Å². The van der Waals surface area contributed by atoms with E-state index in [2.05, 4.69) is 0 Å². The molecule has 0 saturated carbocycles. The van der Waals surface area contributed by atoms with Crippen LogP contribution in [0.4, 0.5) is 8.78 Å². The number of rotatable bonds is 8. The molecule has 10 heteroatoms. The Morgan fingerprint density at radius 1 is 1.29 bits per heavy atom. The van der Waals surface area contributed by atoms with E-state index in [9.17, 15) is 22.0 Å². The van der Waals surface area contributed by atoms with Crippen molar-refractivity contribution in [1.29, 1.82) is 0 Å². The predicted molar refractivity (Wildman–Crippen MR) is 127 cm³/mol. The van der Waals surface area contributed by atoms with E-state index in [-0.39, 0.29) is 28.4 Å². The van der Waals surface area contributed by atoms with Gasteiger partial charge in [0, 0.05) is 25.1 Å². The lowest BCUT2D eigenvalue weighted by molar-refractivity contribution is -0.134. The summed E-state index contributed by atoms with van der Waals surface area (Å²) in [5, 5.41) is 8.76. The molecule has 0 amide bonds. The summed E-state index contributed by atoms with van der Waals surface area (Å²) in [6.45, 7) is 2.04. The van der Waals surface area contributed by atoms with Gasteiger partial charge in [0.05, 0.1) is 9.79 Å². The number of carbonyl (C=O) groups is 1. The standard InChI is InChI=1S/C24H27F2NO5S2/c1-4-5-6-17-11-18(15-7-9-16(25)10-8-15)19-12-22(33-3)21(32-14-20(26)24(28)29)13-23(19)34(30,31)27(17)2/h7-10,12-14,17-18H,4-6,11H2,1-3H3,(H,28,29)/b20-14-. The van der Waals surface area contributed by atoms with Crippen LogP contribution in [0.15, 0.2) is 58.3 Å². The summed E-state index contributed by atoms with van der Waals surface area (Å²) in [7, 11) is -2.41. The van der Waals surface area contributed by atoms with Crippen LogP contribution in [0, 0.1) is 5.82 Å². The van der Waals surface area contributed by atoms with Crippen molar-refractivity contribution in [3.05, 3.63) is 65.4 Å². The molecule has 1 aliphatic heterocycles. The van der Waals surface area contributed by atoms with E-state index in [1.54, 1.807) is 31.5 Å². The summed E-state index contributed by atoms with van der Waals surface area (Å²) < 4.78 is 61.1. The molecule has 0 fully saturated rings. The zero-order valence-corrected chi connectivity index (χ0v) is 20.8. The minimum absolute atomic E-state index is 0.000238. The average molecular weight is 512 g/mol. The molecule has 2 aromatic rings. The number of unbranched alkanes of at least 4 members (excludes halogenated alkanes) is 1. The molecule has 3 rings (SSSR count). The molecule has 2 aromatic carbocycles. The minimum atomic E-state index is -3.95. The number of hydrogen-bond donors (Lipinski definition) is 1. The third-order valence-electron chi connectivity index (χ3n) is 6.01. The highest BCUT2D eigenvalue weighted by atomic mass is 32.2. The van der Waals surface area contributed by atoms with Crippen molar-refractivity contribution in [2.45, 2.75) is 54.4 Å². The molecule has 1 N–H and O–H groups in total. The number of fused-ring (bicyclic) bond motifs is 1. The molecule has 0 aromatic heterocycles. The molecule has 184 valence electrons. The normalized spacial score (nSPS) is 20.4. The third kappa shape index (κ3) is 5.45. The van der Waals surface area contributed by atoms with Gasteiger partial charge in [-0.3, -0.25) is 0 Å². The second-order valence-electron chi connectivity index (χ2n) is 8.09. The first kappa shape index (κ1) is 26.2. The Morgan fingerprint density at radius 3 is 2.56 bits per heavy atom. The maximum absolute atomic E-state index is 13.6. The number of carboxylic acids is 1. The topological polar surface area (TPSA) is 83.9 Å². The Balaban J connectivity index is 2.22. The third-order valence-corrected chi connectivity index (χ3v) is 8.73. The van der Waals surface area contributed by atoms with Crippen molar-refractivity contribution >= 4 is 27.8 Å². The highest BCUT2D eigenvalue weighted by molar-refractivity contribution is 7.98. The molecule has 0 aliphatic carbocycles. The molecule has 0 spiro atoms. The molecule has 34 heavy (non-hydrogen) atoms. The van der Waals surface area contributed by atoms with E-state index >= 15 is 0 Å². The fourth-order valence-electron chi connectivity index (χ4n) is 4.12. The highest BCUT2D eigenvalue weighted by Crippen LogP contribution is 2.44. The Labute approximate surface area is 202 Å². The maximum atomic E-state index is 13.6. The van der Waals surface area contributed by atoms with Crippen LogP contribution in [0.3, 0.4) is 0 Å². The van der Waals surface area contributed by atoms with E-state index in [0.29, 0.717) is 29.6 Å². The first-order valence-electron chi connectivity index (χ1n) is 10.8. The molecule has 0 bridgehead atoms. The molecule has 1 heterocycles. The number of aliphatic carboxylic acids is 1. The van der Waals surface area contributed by atoms with E-state index in [1.165, 1.54) is 34.3 Å². The van der Waals surface area contributed by atoms with E-state index in [4.69, 9.17) is 9.84 Å². The fourth-order valence-corrected chi connectivity index (χ4v) is 6.32. The molecular formula is C24H27F2NO5S2. The lowest BCUT2D eigenvalue weighted by Crippen LogP contribution is -2.36. The largest absolute Gasteiger partial charge is 0.476 e. The number of hydrogen-bond acceptors (Lipinski definition) is 5. The van der Waals surface area contributed by atoms with Gasteiger partial charge in [-0.25, -0.2) is 17.6 Å². The summed E-state index contributed by atoms with van der Waals surface area (Å²) >= 11 is 1.26. The summed E-state index contributed by atoms with van der Waals surface area (Å²) in [4.78, 5) is 11.3. The van der Waals surface area contributed by atoms with E-state index < -0.39 is 21.8 Å². The Kier molecular flexibility index (Phi) is 8.38. The highest BCUT2D eigenvalue weighted by Gasteiger charge is 2.38. The number of ether oxygens (including phenoxy) is 1. The minimum Gasteiger partial charge on any atom is -0.476 e. The van der Waals surface area contributed by atoms with Crippen molar-refractivity contribution in [3.8, 4) is 5.75 Å². The molecular weight excluding hydrogens is 484 g/mol. The number of thioether (sulfide) groups is 1. The summed E-state index contributed by atoms with van der Waals surface area (Å²) in [5.74, 6) is -3.98. The van der Waals surface area contributed by atoms with Crippen molar-refractivity contribution in [1.82, 2.24) is 4.31 Å². The number of nitrogens with zero attached hydrogens (tertiary/aromatic N) is 1. The summed E-state index contributed by atoms with van der Waals surface area (Å²) in [6, 6.07) is 8.75.